The standard InChI is InChI=1S/C19H19N5O2S/c1-12-9-10-13(2)17(11-12)27(25,26)23(4)18-19-22-21-14(3)24(19)16-8-6-5-7-15(16)20-18/h5-11H,1-4H3. The molecule has 4 aromatic rings. The van der Waals surface area contributed by atoms with Gasteiger partial charge in [-0.2, -0.15) is 0 Å². The van der Waals surface area contributed by atoms with Crippen LogP contribution in [0.2, 0.25) is 0 Å². The molecule has 0 aliphatic carbocycles. The number of anilines is 1. The highest BCUT2D eigenvalue weighted by Crippen LogP contribution is 2.29. The fourth-order valence-corrected chi connectivity index (χ4v) is 4.62. The van der Waals surface area contributed by atoms with E-state index in [0.717, 1.165) is 11.1 Å². The number of nitrogens with zero attached hydrogens (tertiary/aromatic N) is 5. The van der Waals surface area contributed by atoms with Gasteiger partial charge in [-0.25, -0.2) is 17.7 Å². The van der Waals surface area contributed by atoms with Crippen LogP contribution < -0.4 is 4.31 Å². The number of para-hydroxylation sites is 2. The minimum Gasteiger partial charge on any atom is -0.274 e. The van der Waals surface area contributed by atoms with Crippen LogP contribution in [0.5, 0.6) is 0 Å². The van der Waals surface area contributed by atoms with E-state index in [1.165, 1.54) is 11.4 Å². The average Bonchev–Trinajstić information content (AvgIpc) is 3.04. The third kappa shape index (κ3) is 2.64. The fourth-order valence-electron chi connectivity index (χ4n) is 3.17. The van der Waals surface area contributed by atoms with E-state index in [-0.39, 0.29) is 10.7 Å². The van der Waals surface area contributed by atoms with Crippen molar-refractivity contribution in [3.8, 4) is 0 Å². The normalized spacial score (nSPS) is 12.0. The molecule has 27 heavy (non-hydrogen) atoms. The number of benzene rings is 2. The van der Waals surface area contributed by atoms with Gasteiger partial charge in [-0.3, -0.25) is 4.40 Å². The van der Waals surface area contributed by atoms with Crippen LogP contribution in [0, 0.1) is 20.8 Å². The lowest BCUT2D eigenvalue weighted by atomic mass is 10.2. The van der Waals surface area contributed by atoms with Crippen molar-refractivity contribution < 1.29 is 8.42 Å². The molecule has 0 unspecified atom stereocenters. The topological polar surface area (TPSA) is 80.5 Å². The number of hydrogen-bond acceptors (Lipinski definition) is 5. The molecule has 0 atom stereocenters. The number of aromatic nitrogens is 4. The lowest BCUT2D eigenvalue weighted by Gasteiger charge is -2.21. The van der Waals surface area contributed by atoms with Gasteiger partial charge in [0.05, 0.1) is 15.9 Å². The molecule has 2 aromatic heterocycles. The van der Waals surface area contributed by atoms with Gasteiger partial charge in [0, 0.05) is 7.05 Å². The summed E-state index contributed by atoms with van der Waals surface area (Å²) in [6.07, 6.45) is 0. The molecule has 4 rings (SSSR count). The number of fused-ring (bicyclic) bond motifs is 3. The Labute approximate surface area is 157 Å². The number of sulfonamides is 1. The predicted octanol–water partition coefficient (Wildman–Crippen LogP) is 3.03. The van der Waals surface area contributed by atoms with Crippen LogP contribution in [-0.4, -0.2) is 35.0 Å². The first-order valence-electron chi connectivity index (χ1n) is 8.47. The van der Waals surface area contributed by atoms with Crippen molar-refractivity contribution in [3.63, 3.8) is 0 Å². The van der Waals surface area contributed by atoms with Crippen LogP contribution in [0.25, 0.3) is 16.7 Å². The summed E-state index contributed by atoms with van der Waals surface area (Å²) >= 11 is 0. The van der Waals surface area contributed by atoms with Gasteiger partial charge >= 0.3 is 0 Å². The molecule has 0 bridgehead atoms. The zero-order chi connectivity index (χ0) is 19.3. The highest BCUT2D eigenvalue weighted by atomic mass is 32.2. The highest BCUT2D eigenvalue weighted by molar-refractivity contribution is 7.92. The molecule has 0 N–H and O–H groups in total. The van der Waals surface area contributed by atoms with E-state index in [2.05, 4.69) is 15.2 Å². The first kappa shape index (κ1) is 17.4. The molecule has 2 aromatic carbocycles. The maximum Gasteiger partial charge on any atom is 0.265 e. The molecule has 0 radical (unpaired) electrons. The minimum absolute atomic E-state index is 0.246. The van der Waals surface area contributed by atoms with E-state index < -0.39 is 10.0 Å². The van der Waals surface area contributed by atoms with E-state index in [0.29, 0.717) is 22.6 Å². The van der Waals surface area contributed by atoms with Crippen molar-refractivity contribution in [2.24, 2.45) is 0 Å². The second-order valence-electron chi connectivity index (χ2n) is 6.57. The van der Waals surface area contributed by atoms with Crippen LogP contribution in [0.15, 0.2) is 47.4 Å². The summed E-state index contributed by atoms with van der Waals surface area (Å²) in [6.45, 7) is 5.48. The van der Waals surface area contributed by atoms with Gasteiger partial charge in [0.15, 0.2) is 5.82 Å². The van der Waals surface area contributed by atoms with E-state index >= 15 is 0 Å². The molecule has 0 amide bonds. The zero-order valence-electron chi connectivity index (χ0n) is 15.5. The van der Waals surface area contributed by atoms with E-state index in [1.807, 2.05) is 48.6 Å². The van der Waals surface area contributed by atoms with Crippen LogP contribution in [0.1, 0.15) is 17.0 Å². The lowest BCUT2D eigenvalue weighted by Crippen LogP contribution is -2.29. The van der Waals surface area contributed by atoms with Gasteiger partial charge in [0.2, 0.25) is 5.65 Å². The van der Waals surface area contributed by atoms with Crippen molar-refractivity contribution >= 4 is 32.5 Å². The Morgan fingerprint density at radius 3 is 2.52 bits per heavy atom. The van der Waals surface area contributed by atoms with Crippen molar-refractivity contribution in [2.45, 2.75) is 25.7 Å². The van der Waals surface area contributed by atoms with E-state index in [4.69, 9.17) is 0 Å². The first-order chi connectivity index (χ1) is 12.8. The number of aryl methyl sites for hydroxylation is 3. The summed E-state index contributed by atoms with van der Waals surface area (Å²) in [4.78, 5) is 4.84. The van der Waals surface area contributed by atoms with Gasteiger partial charge < -0.3 is 0 Å². The summed E-state index contributed by atoms with van der Waals surface area (Å²) in [5.74, 6) is 0.914. The Kier molecular flexibility index (Phi) is 3.88. The highest BCUT2D eigenvalue weighted by Gasteiger charge is 2.27. The van der Waals surface area contributed by atoms with Gasteiger partial charge in [0.25, 0.3) is 10.0 Å². The molecule has 0 fully saturated rings. The Hall–Kier alpha value is -3.00. The SMILES string of the molecule is Cc1ccc(C)c(S(=O)(=O)N(C)c2nc3ccccc3n3c(C)nnc23)c1. The molecule has 2 heterocycles. The van der Waals surface area contributed by atoms with Gasteiger partial charge in [-0.05, 0) is 50.1 Å². The van der Waals surface area contributed by atoms with Crippen molar-refractivity contribution in [2.75, 3.05) is 11.4 Å². The lowest BCUT2D eigenvalue weighted by molar-refractivity contribution is 0.593. The maximum absolute atomic E-state index is 13.3. The quantitative estimate of drug-likeness (QED) is 0.545. The second kappa shape index (κ2) is 6.02. The predicted molar refractivity (Wildman–Crippen MR) is 105 cm³/mol. The largest absolute Gasteiger partial charge is 0.274 e. The maximum atomic E-state index is 13.3. The van der Waals surface area contributed by atoms with Crippen LogP contribution >= 0.6 is 0 Å². The van der Waals surface area contributed by atoms with Gasteiger partial charge in [-0.15, -0.1) is 10.2 Å². The van der Waals surface area contributed by atoms with E-state index in [1.54, 1.807) is 19.1 Å². The molecule has 8 heteroatoms. The molecule has 7 nitrogen and oxygen atoms in total. The molecule has 0 saturated heterocycles. The Bertz CT molecular complexity index is 1290. The smallest absolute Gasteiger partial charge is 0.265 e. The Morgan fingerprint density at radius 1 is 1.00 bits per heavy atom. The van der Waals surface area contributed by atoms with Crippen LogP contribution in [0.3, 0.4) is 0 Å². The molecular weight excluding hydrogens is 362 g/mol. The number of rotatable bonds is 3. The van der Waals surface area contributed by atoms with Crippen molar-refractivity contribution in [1.82, 2.24) is 19.6 Å². The summed E-state index contributed by atoms with van der Waals surface area (Å²) in [6, 6.07) is 12.9. The monoisotopic (exact) mass is 381 g/mol. The summed E-state index contributed by atoms with van der Waals surface area (Å²) in [5, 5.41) is 8.31. The Balaban J connectivity index is 1.99. The van der Waals surface area contributed by atoms with Crippen molar-refractivity contribution in [3.05, 3.63) is 59.4 Å². The molecule has 0 spiro atoms. The van der Waals surface area contributed by atoms with Gasteiger partial charge in [0.1, 0.15) is 5.82 Å². The summed E-state index contributed by atoms with van der Waals surface area (Å²) < 4.78 is 29.7. The molecule has 0 aliphatic rings. The molecule has 0 saturated carbocycles. The molecular formula is C19H19N5O2S. The zero-order valence-corrected chi connectivity index (χ0v) is 16.3. The fraction of sp³-hybridized carbons (Fsp3) is 0.211. The van der Waals surface area contributed by atoms with Crippen molar-refractivity contribution in [1.29, 1.82) is 0 Å². The van der Waals surface area contributed by atoms with Crippen LogP contribution in [0.4, 0.5) is 5.82 Å². The summed E-state index contributed by atoms with van der Waals surface area (Å²) in [7, 11) is -2.31. The Morgan fingerprint density at radius 2 is 1.74 bits per heavy atom. The first-order valence-corrected chi connectivity index (χ1v) is 9.91. The number of hydrogen-bond donors (Lipinski definition) is 0. The molecule has 138 valence electrons. The third-order valence-electron chi connectivity index (χ3n) is 4.65. The summed E-state index contributed by atoms with van der Waals surface area (Å²) in [5.41, 5.74) is 3.47. The van der Waals surface area contributed by atoms with E-state index in [9.17, 15) is 8.42 Å². The van der Waals surface area contributed by atoms with Crippen LogP contribution in [-0.2, 0) is 10.0 Å². The molecule has 0 aliphatic heterocycles. The third-order valence-corrected chi connectivity index (χ3v) is 6.54. The second-order valence-corrected chi connectivity index (χ2v) is 8.51. The average molecular weight is 381 g/mol. The minimum atomic E-state index is -3.81. The van der Waals surface area contributed by atoms with Gasteiger partial charge in [-0.1, -0.05) is 24.3 Å².